The van der Waals surface area contributed by atoms with Crippen LogP contribution in [-0.4, -0.2) is 49.1 Å². The van der Waals surface area contributed by atoms with Gasteiger partial charge in [0, 0.05) is 18.6 Å². The number of hydrogen-bond donors (Lipinski definition) is 0. The normalized spacial score (nSPS) is 35.8. The van der Waals surface area contributed by atoms with Crippen LogP contribution in [-0.2, 0) is 0 Å². The summed E-state index contributed by atoms with van der Waals surface area (Å²) in [6, 6.07) is 3.70. The Kier molecular flexibility index (Phi) is 3.83. The average Bonchev–Trinajstić information content (AvgIpc) is 2.87. The SMILES string of the molecule is CN1CCCC1CN(C)C1CCCC1C#N. The Morgan fingerprint density at radius 2 is 2.12 bits per heavy atom. The highest BCUT2D eigenvalue weighted by atomic mass is 15.2. The first kappa shape index (κ1) is 11.9. The summed E-state index contributed by atoms with van der Waals surface area (Å²) in [7, 11) is 4.43. The fourth-order valence-corrected chi connectivity index (χ4v) is 3.30. The van der Waals surface area contributed by atoms with Crippen LogP contribution in [0.1, 0.15) is 32.1 Å². The van der Waals surface area contributed by atoms with Gasteiger partial charge in [-0.25, -0.2) is 0 Å². The van der Waals surface area contributed by atoms with Crippen molar-refractivity contribution < 1.29 is 0 Å². The third-order valence-corrected chi connectivity index (χ3v) is 4.38. The molecule has 3 atom stereocenters. The molecule has 1 saturated carbocycles. The Balaban J connectivity index is 1.87. The Hall–Kier alpha value is -0.590. The van der Waals surface area contributed by atoms with Crippen molar-refractivity contribution in [3.05, 3.63) is 0 Å². The van der Waals surface area contributed by atoms with Crippen LogP contribution in [0.25, 0.3) is 0 Å². The van der Waals surface area contributed by atoms with Crippen LogP contribution in [0.15, 0.2) is 0 Å². The minimum atomic E-state index is 0.275. The lowest BCUT2D eigenvalue weighted by molar-refractivity contribution is 0.164. The molecule has 3 heteroatoms. The van der Waals surface area contributed by atoms with Crippen molar-refractivity contribution in [3.63, 3.8) is 0 Å². The van der Waals surface area contributed by atoms with Crippen LogP contribution in [0.5, 0.6) is 0 Å². The summed E-state index contributed by atoms with van der Waals surface area (Å²) in [5.41, 5.74) is 0. The molecule has 0 bridgehead atoms. The van der Waals surface area contributed by atoms with Crippen molar-refractivity contribution in [3.8, 4) is 6.07 Å². The van der Waals surface area contributed by atoms with Crippen LogP contribution in [0.4, 0.5) is 0 Å². The molecule has 0 amide bonds. The molecule has 3 unspecified atom stereocenters. The summed E-state index contributed by atoms with van der Waals surface area (Å²) < 4.78 is 0. The monoisotopic (exact) mass is 221 g/mol. The highest BCUT2D eigenvalue weighted by Crippen LogP contribution is 2.29. The van der Waals surface area contributed by atoms with Gasteiger partial charge >= 0.3 is 0 Å². The smallest absolute Gasteiger partial charge is 0.0672 e. The number of likely N-dealkylation sites (tertiary alicyclic amines) is 1. The van der Waals surface area contributed by atoms with Gasteiger partial charge in [0.25, 0.3) is 0 Å². The van der Waals surface area contributed by atoms with E-state index in [1.54, 1.807) is 0 Å². The van der Waals surface area contributed by atoms with Gasteiger partial charge in [-0.2, -0.15) is 5.26 Å². The second-order valence-corrected chi connectivity index (χ2v) is 5.45. The molecule has 1 aliphatic heterocycles. The van der Waals surface area contributed by atoms with Gasteiger partial charge in [-0.05, 0) is 46.3 Å². The van der Waals surface area contributed by atoms with E-state index in [1.165, 1.54) is 32.2 Å². The zero-order valence-corrected chi connectivity index (χ0v) is 10.5. The summed E-state index contributed by atoms with van der Waals surface area (Å²) in [5, 5.41) is 9.11. The van der Waals surface area contributed by atoms with Crippen LogP contribution in [0.2, 0.25) is 0 Å². The fraction of sp³-hybridized carbons (Fsp3) is 0.923. The Morgan fingerprint density at radius 3 is 2.75 bits per heavy atom. The van der Waals surface area contributed by atoms with E-state index in [2.05, 4.69) is 30.0 Å². The third-order valence-electron chi connectivity index (χ3n) is 4.38. The molecule has 2 fully saturated rings. The standard InChI is InChI=1S/C13H23N3/c1-15-8-4-6-12(15)10-16(2)13-7-3-5-11(13)9-14/h11-13H,3-8,10H2,1-2H3. The molecule has 0 spiro atoms. The topological polar surface area (TPSA) is 30.3 Å². The largest absolute Gasteiger partial charge is 0.302 e. The molecule has 1 saturated heterocycles. The van der Waals surface area contributed by atoms with E-state index in [9.17, 15) is 0 Å². The summed E-state index contributed by atoms with van der Waals surface area (Å²) >= 11 is 0. The second-order valence-electron chi connectivity index (χ2n) is 5.45. The van der Waals surface area contributed by atoms with E-state index in [0.29, 0.717) is 12.1 Å². The van der Waals surface area contributed by atoms with E-state index >= 15 is 0 Å². The maximum atomic E-state index is 9.11. The van der Waals surface area contributed by atoms with Crippen molar-refractivity contribution in [2.24, 2.45) is 5.92 Å². The van der Waals surface area contributed by atoms with Gasteiger partial charge in [0.1, 0.15) is 0 Å². The third kappa shape index (κ3) is 2.39. The highest BCUT2D eigenvalue weighted by Gasteiger charge is 2.32. The molecule has 16 heavy (non-hydrogen) atoms. The molecule has 0 aromatic rings. The number of hydrogen-bond acceptors (Lipinski definition) is 3. The zero-order chi connectivity index (χ0) is 11.5. The quantitative estimate of drug-likeness (QED) is 0.726. The summed E-state index contributed by atoms with van der Waals surface area (Å²) in [6.07, 6.45) is 6.21. The maximum Gasteiger partial charge on any atom is 0.0672 e. The van der Waals surface area contributed by atoms with Gasteiger partial charge in [0.2, 0.25) is 0 Å². The Labute approximate surface area is 99.0 Å². The van der Waals surface area contributed by atoms with Crippen LogP contribution >= 0.6 is 0 Å². The van der Waals surface area contributed by atoms with Gasteiger partial charge in [0.05, 0.1) is 12.0 Å². The molecule has 1 heterocycles. The first-order valence-electron chi connectivity index (χ1n) is 6.52. The first-order valence-corrected chi connectivity index (χ1v) is 6.52. The minimum absolute atomic E-state index is 0.275. The Morgan fingerprint density at radius 1 is 1.31 bits per heavy atom. The molecule has 0 radical (unpaired) electrons. The molecule has 0 aromatic carbocycles. The summed E-state index contributed by atoms with van der Waals surface area (Å²) in [5.74, 6) is 0.275. The molecule has 0 aromatic heterocycles. The van der Waals surface area contributed by atoms with E-state index < -0.39 is 0 Å². The van der Waals surface area contributed by atoms with Crippen LogP contribution in [0, 0.1) is 17.2 Å². The highest BCUT2D eigenvalue weighted by molar-refractivity contribution is 4.97. The predicted molar refractivity (Wildman–Crippen MR) is 65.0 cm³/mol. The lowest BCUT2D eigenvalue weighted by Gasteiger charge is -2.31. The second kappa shape index (κ2) is 5.16. The molecular weight excluding hydrogens is 198 g/mol. The van der Waals surface area contributed by atoms with Crippen molar-refractivity contribution >= 4 is 0 Å². The molecule has 90 valence electrons. The predicted octanol–water partition coefficient (Wildman–Crippen LogP) is 1.70. The van der Waals surface area contributed by atoms with Gasteiger partial charge in [-0.15, -0.1) is 0 Å². The molecule has 1 aliphatic carbocycles. The van der Waals surface area contributed by atoms with Gasteiger partial charge in [0.15, 0.2) is 0 Å². The maximum absolute atomic E-state index is 9.11. The van der Waals surface area contributed by atoms with Gasteiger partial charge in [-0.3, -0.25) is 0 Å². The zero-order valence-electron chi connectivity index (χ0n) is 10.5. The molecule has 0 N–H and O–H groups in total. The number of nitrogens with zero attached hydrogens (tertiary/aromatic N) is 3. The average molecular weight is 221 g/mol. The molecular formula is C13H23N3. The number of rotatable bonds is 3. The van der Waals surface area contributed by atoms with Crippen molar-refractivity contribution in [1.29, 1.82) is 5.26 Å². The van der Waals surface area contributed by atoms with E-state index in [0.717, 1.165) is 13.0 Å². The molecule has 2 rings (SSSR count). The van der Waals surface area contributed by atoms with E-state index in [4.69, 9.17) is 5.26 Å². The van der Waals surface area contributed by atoms with E-state index in [1.807, 2.05) is 0 Å². The lowest BCUT2D eigenvalue weighted by Crippen LogP contribution is -2.42. The molecule has 2 aliphatic rings. The van der Waals surface area contributed by atoms with Crippen molar-refractivity contribution in [2.45, 2.75) is 44.2 Å². The van der Waals surface area contributed by atoms with Crippen molar-refractivity contribution in [2.75, 3.05) is 27.2 Å². The van der Waals surface area contributed by atoms with Crippen molar-refractivity contribution in [1.82, 2.24) is 9.80 Å². The van der Waals surface area contributed by atoms with E-state index in [-0.39, 0.29) is 5.92 Å². The van der Waals surface area contributed by atoms with Crippen LogP contribution < -0.4 is 0 Å². The summed E-state index contributed by atoms with van der Waals surface area (Å²) in [4.78, 5) is 4.90. The number of nitriles is 1. The van der Waals surface area contributed by atoms with Crippen LogP contribution in [0.3, 0.4) is 0 Å². The fourth-order valence-electron chi connectivity index (χ4n) is 3.30. The lowest BCUT2D eigenvalue weighted by atomic mass is 10.0. The minimum Gasteiger partial charge on any atom is -0.302 e. The Bertz CT molecular complexity index is 271. The van der Waals surface area contributed by atoms with Gasteiger partial charge < -0.3 is 9.80 Å². The first-order chi connectivity index (χ1) is 7.72. The molecule has 3 nitrogen and oxygen atoms in total. The van der Waals surface area contributed by atoms with Gasteiger partial charge in [-0.1, -0.05) is 6.42 Å². The summed E-state index contributed by atoms with van der Waals surface area (Å²) in [6.45, 7) is 2.38. The number of likely N-dealkylation sites (N-methyl/N-ethyl adjacent to an activating group) is 2.